The third-order valence-electron chi connectivity index (χ3n) is 3.94. The normalized spacial score (nSPS) is 11.2. The summed E-state index contributed by atoms with van der Waals surface area (Å²) in [5.41, 5.74) is 1.39. The third-order valence-corrected chi connectivity index (χ3v) is 5.41. The maximum Gasteiger partial charge on any atom is 0.240 e. The van der Waals surface area contributed by atoms with Crippen molar-refractivity contribution in [3.63, 3.8) is 0 Å². The van der Waals surface area contributed by atoms with Crippen molar-refractivity contribution in [1.29, 1.82) is 0 Å². The Labute approximate surface area is 168 Å². The minimum absolute atomic E-state index is 0.00683. The lowest BCUT2D eigenvalue weighted by Crippen LogP contribution is -2.27. The number of nitrogens with zero attached hydrogens (tertiary/aromatic N) is 3. The number of rotatable bonds is 9. The topological polar surface area (TPSA) is 115 Å². The van der Waals surface area contributed by atoms with Crippen molar-refractivity contribution in [2.75, 3.05) is 18.5 Å². The highest BCUT2D eigenvalue weighted by atomic mass is 32.2. The van der Waals surface area contributed by atoms with E-state index in [1.165, 1.54) is 12.1 Å². The largest absolute Gasteiger partial charge is 0.494 e. The average Bonchev–Trinajstić information content (AvgIpc) is 3.24. The highest BCUT2D eigenvalue weighted by Crippen LogP contribution is 2.16. The summed E-state index contributed by atoms with van der Waals surface area (Å²) in [4.78, 5) is 12.3. The predicted molar refractivity (Wildman–Crippen MR) is 107 cm³/mol. The fourth-order valence-electron chi connectivity index (χ4n) is 2.57. The molecule has 0 spiro atoms. The summed E-state index contributed by atoms with van der Waals surface area (Å²) in [5, 5.41) is 10.2. The second-order valence-electron chi connectivity index (χ2n) is 6.02. The van der Waals surface area contributed by atoms with Crippen LogP contribution in [0.25, 0.3) is 5.69 Å². The van der Waals surface area contributed by atoms with Gasteiger partial charge < -0.3 is 10.1 Å². The molecule has 0 aliphatic carbocycles. The predicted octanol–water partition coefficient (Wildman–Crippen LogP) is 1.97. The van der Waals surface area contributed by atoms with Crippen LogP contribution in [0, 0.1) is 0 Å². The van der Waals surface area contributed by atoms with Gasteiger partial charge in [-0.05, 0) is 49.4 Å². The highest BCUT2D eigenvalue weighted by molar-refractivity contribution is 7.89. The van der Waals surface area contributed by atoms with Crippen molar-refractivity contribution in [2.45, 2.75) is 18.2 Å². The van der Waals surface area contributed by atoms with Crippen molar-refractivity contribution in [3.8, 4) is 11.4 Å². The van der Waals surface area contributed by atoms with Crippen LogP contribution < -0.4 is 14.8 Å². The molecule has 1 amide bonds. The van der Waals surface area contributed by atoms with E-state index in [0.717, 1.165) is 5.69 Å². The van der Waals surface area contributed by atoms with E-state index in [-0.39, 0.29) is 23.8 Å². The van der Waals surface area contributed by atoms with E-state index in [2.05, 4.69) is 20.2 Å². The molecule has 0 radical (unpaired) electrons. The van der Waals surface area contributed by atoms with Gasteiger partial charge in [0.1, 0.15) is 18.4 Å². The van der Waals surface area contributed by atoms with Crippen molar-refractivity contribution in [2.24, 2.45) is 0 Å². The molecular weight excluding hydrogens is 394 g/mol. The molecule has 2 N–H and O–H groups in total. The third kappa shape index (κ3) is 5.62. The summed E-state index contributed by atoms with van der Waals surface area (Å²) in [6.45, 7) is 2.33. The Bertz CT molecular complexity index is 1050. The lowest BCUT2D eigenvalue weighted by molar-refractivity contribution is -0.116. The maximum atomic E-state index is 12.3. The van der Waals surface area contributed by atoms with Crippen molar-refractivity contribution in [3.05, 3.63) is 61.2 Å². The zero-order valence-electron chi connectivity index (χ0n) is 15.8. The van der Waals surface area contributed by atoms with E-state index in [1.807, 2.05) is 13.0 Å². The van der Waals surface area contributed by atoms with Gasteiger partial charge in [-0.25, -0.2) is 13.1 Å². The van der Waals surface area contributed by atoms with E-state index in [1.54, 1.807) is 47.6 Å². The summed E-state index contributed by atoms with van der Waals surface area (Å²) in [6, 6.07) is 13.3. The summed E-state index contributed by atoms with van der Waals surface area (Å²) >= 11 is 0. The number of aromatic nitrogens is 3. The Morgan fingerprint density at radius 3 is 2.52 bits per heavy atom. The van der Waals surface area contributed by atoms with Gasteiger partial charge in [-0.15, -0.1) is 10.2 Å². The molecule has 0 aliphatic rings. The molecule has 0 saturated carbocycles. The molecule has 0 atom stereocenters. The molecule has 9 nitrogen and oxygen atoms in total. The van der Waals surface area contributed by atoms with Crippen molar-refractivity contribution in [1.82, 2.24) is 19.5 Å². The first kappa shape index (κ1) is 20.5. The van der Waals surface area contributed by atoms with Gasteiger partial charge in [0.25, 0.3) is 0 Å². The Hall–Kier alpha value is -3.24. The Kier molecular flexibility index (Phi) is 6.57. The molecular formula is C19H21N5O4S. The van der Waals surface area contributed by atoms with Gasteiger partial charge in [-0.3, -0.25) is 9.36 Å². The van der Waals surface area contributed by atoms with Crippen LogP contribution in [-0.2, 0) is 14.8 Å². The van der Waals surface area contributed by atoms with Gasteiger partial charge >= 0.3 is 0 Å². The van der Waals surface area contributed by atoms with Crippen LogP contribution >= 0.6 is 0 Å². The number of carbonyl (C=O) groups is 1. The summed E-state index contributed by atoms with van der Waals surface area (Å²) < 4.78 is 34.1. The lowest BCUT2D eigenvalue weighted by Gasteiger charge is -2.09. The van der Waals surface area contributed by atoms with Gasteiger partial charge in [0.05, 0.1) is 17.2 Å². The number of carbonyl (C=O) groups excluding carboxylic acids is 1. The molecule has 1 heterocycles. The van der Waals surface area contributed by atoms with Gasteiger partial charge in [0.2, 0.25) is 15.9 Å². The van der Waals surface area contributed by atoms with Crippen LogP contribution in [0.4, 0.5) is 5.69 Å². The quantitative estimate of drug-likeness (QED) is 0.552. The molecule has 0 unspecified atom stereocenters. The minimum Gasteiger partial charge on any atom is -0.494 e. The molecule has 3 rings (SSSR count). The van der Waals surface area contributed by atoms with Crippen molar-refractivity contribution >= 4 is 21.6 Å². The molecule has 10 heteroatoms. The summed E-state index contributed by atoms with van der Waals surface area (Å²) in [7, 11) is -3.70. The van der Waals surface area contributed by atoms with Crippen LogP contribution in [0.15, 0.2) is 66.1 Å². The first-order valence-corrected chi connectivity index (χ1v) is 10.4. The number of ether oxygens (including phenoxy) is 1. The van der Waals surface area contributed by atoms with Crippen LogP contribution in [0.2, 0.25) is 0 Å². The van der Waals surface area contributed by atoms with Crippen LogP contribution in [0.1, 0.15) is 13.3 Å². The Morgan fingerprint density at radius 2 is 1.83 bits per heavy atom. The zero-order valence-corrected chi connectivity index (χ0v) is 16.6. The number of hydrogen-bond acceptors (Lipinski definition) is 6. The van der Waals surface area contributed by atoms with E-state index in [9.17, 15) is 13.2 Å². The molecule has 0 bridgehead atoms. The van der Waals surface area contributed by atoms with Gasteiger partial charge in [-0.1, -0.05) is 6.07 Å². The molecule has 152 valence electrons. The Morgan fingerprint density at radius 1 is 1.10 bits per heavy atom. The molecule has 0 saturated heterocycles. The molecule has 3 aromatic rings. The fourth-order valence-corrected chi connectivity index (χ4v) is 3.60. The number of sulfonamides is 1. The van der Waals surface area contributed by atoms with Gasteiger partial charge in [0, 0.05) is 18.7 Å². The SMILES string of the molecule is CCOc1ccc(S(=O)(=O)NCCC(=O)Nc2cccc(-n3cnnc3)c2)cc1. The second-order valence-corrected chi connectivity index (χ2v) is 7.79. The van der Waals surface area contributed by atoms with E-state index >= 15 is 0 Å². The number of anilines is 1. The monoisotopic (exact) mass is 415 g/mol. The van der Waals surface area contributed by atoms with Gasteiger partial charge in [-0.2, -0.15) is 0 Å². The molecule has 1 aromatic heterocycles. The second kappa shape index (κ2) is 9.30. The minimum atomic E-state index is -3.70. The van der Waals surface area contributed by atoms with Crippen molar-refractivity contribution < 1.29 is 17.9 Å². The molecule has 2 aromatic carbocycles. The van der Waals surface area contributed by atoms with Crippen LogP contribution in [0.3, 0.4) is 0 Å². The number of nitrogens with one attached hydrogen (secondary N) is 2. The fraction of sp³-hybridized carbons (Fsp3) is 0.211. The van der Waals surface area contributed by atoms with E-state index in [4.69, 9.17) is 4.74 Å². The molecule has 29 heavy (non-hydrogen) atoms. The molecule has 0 aliphatic heterocycles. The summed E-state index contributed by atoms with van der Waals surface area (Å²) in [6.07, 6.45) is 3.10. The first-order chi connectivity index (χ1) is 14.0. The lowest BCUT2D eigenvalue weighted by atomic mass is 10.2. The summed E-state index contributed by atoms with van der Waals surface area (Å²) in [5.74, 6) is 0.292. The number of benzene rings is 2. The van der Waals surface area contributed by atoms with E-state index in [0.29, 0.717) is 18.0 Å². The van der Waals surface area contributed by atoms with Gasteiger partial charge in [0.15, 0.2) is 0 Å². The standard InChI is InChI=1S/C19H21N5O4S/c1-2-28-17-6-8-18(9-7-17)29(26,27)22-11-10-19(25)23-15-4-3-5-16(12-15)24-13-20-21-14-24/h3-9,12-14,22H,2,10-11H2,1H3,(H,23,25). The average molecular weight is 415 g/mol. The van der Waals surface area contributed by atoms with E-state index < -0.39 is 10.0 Å². The smallest absolute Gasteiger partial charge is 0.240 e. The maximum absolute atomic E-state index is 12.3. The first-order valence-electron chi connectivity index (χ1n) is 8.95. The number of hydrogen-bond donors (Lipinski definition) is 2. The highest BCUT2D eigenvalue weighted by Gasteiger charge is 2.14. The Balaban J connectivity index is 1.52. The number of amides is 1. The zero-order chi connectivity index (χ0) is 20.7. The molecule has 0 fully saturated rings. The van der Waals surface area contributed by atoms with Crippen LogP contribution in [-0.4, -0.2) is 42.2 Å². The van der Waals surface area contributed by atoms with Crippen LogP contribution in [0.5, 0.6) is 5.75 Å².